The summed E-state index contributed by atoms with van der Waals surface area (Å²) in [7, 11) is 4.06. The first-order valence-corrected chi connectivity index (χ1v) is 7.27. The Kier molecular flexibility index (Phi) is 6.47. The van der Waals surface area contributed by atoms with Gasteiger partial charge in [0.2, 0.25) is 0 Å². The summed E-state index contributed by atoms with van der Waals surface area (Å²) in [6.45, 7) is 9.18. The number of rotatable bonds is 5. The van der Waals surface area contributed by atoms with Crippen LogP contribution in [0.3, 0.4) is 0 Å². The summed E-state index contributed by atoms with van der Waals surface area (Å²) in [5.74, 6) is 0.801. The number of hydrogen-bond donors (Lipinski definition) is 0. The zero-order valence-electron chi connectivity index (χ0n) is 12.5. The van der Waals surface area contributed by atoms with Crippen LogP contribution >= 0.6 is 0 Å². The van der Waals surface area contributed by atoms with E-state index in [1.54, 1.807) is 4.90 Å². The van der Waals surface area contributed by atoms with Gasteiger partial charge in [0.05, 0.1) is 0 Å². The Hall–Kier alpha value is -0.770. The Morgan fingerprint density at radius 2 is 1.78 bits per heavy atom. The standard InChI is InChI=1S/C14H29N3O/c1-5-15(3)10-7-13-8-11-17(12-9-13)14(18)16(4)6-2/h13H,5-12H2,1-4H3. The van der Waals surface area contributed by atoms with E-state index in [4.69, 9.17) is 0 Å². The summed E-state index contributed by atoms with van der Waals surface area (Å²) in [6.07, 6.45) is 3.61. The number of carbonyl (C=O) groups is 1. The van der Waals surface area contributed by atoms with Crippen LogP contribution in [0.15, 0.2) is 0 Å². The lowest BCUT2D eigenvalue weighted by Crippen LogP contribution is -2.45. The van der Waals surface area contributed by atoms with Gasteiger partial charge < -0.3 is 14.7 Å². The monoisotopic (exact) mass is 255 g/mol. The molecule has 1 fully saturated rings. The summed E-state index contributed by atoms with van der Waals surface area (Å²) in [5.41, 5.74) is 0. The molecule has 0 aromatic heterocycles. The van der Waals surface area contributed by atoms with Crippen LogP contribution < -0.4 is 0 Å². The molecule has 1 aliphatic heterocycles. The maximum Gasteiger partial charge on any atom is 0.319 e. The molecular formula is C14H29N3O. The van der Waals surface area contributed by atoms with Crippen molar-refractivity contribution in [1.82, 2.24) is 14.7 Å². The van der Waals surface area contributed by atoms with Crippen molar-refractivity contribution in [3.05, 3.63) is 0 Å². The SMILES string of the molecule is CCN(C)CCC1CCN(C(=O)N(C)CC)CC1. The summed E-state index contributed by atoms with van der Waals surface area (Å²) in [6, 6.07) is 0.196. The van der Waals surface area contributed by atoms with Crippen molar-refractivity contribution in [2.24, 2.45) is 5.92 Å². The third-order valence-corrected chi connectivity index (χ3v) is 4.14. The topological polar surface area (TPSA) is 26.8 Å². The fourth-order valence-electron chi connectivity index (χ4n) is 2.35. The molecule has 0 N–H and O–H groups in total. The second-order valence-corrected chi connectivity index (χ2v) is 5.41. The first kappa shape index (κ1) is 15.3. The van der Waals surface area contributed by atoms with Crippen molar-refractivity contribution in [2.75, 3.05) is 46.8 Å². The van der Waals surface area contributed by atoms with Crippen molar-refractivity contribution in [1.29, 1.82) is 0 Å². The fourth-order valence-corrected chi connectivity index (χ4v) is 2.35. The average Bonchev–Trinajstić information content (AvgIpc) is 2.43. The van der Waals surface area contributed by atoms with Crippen LogP contribution in [0.2, 0.25) is 0 Å². The molecule has 1 saturated heterocycles. The summed E-state index contributed by atoms with van der Waals surface area (Å²) >= 11 is 0. The lowest BCUT2D eigenvalue weighted by atomic mass is 9.93. The molecule has 0 unspecified atom stereocenters. The molecule has 0 spiro atoms. The van der Waals surface area contributed by atoms with E-state index in [0.717, 1.165) is 32.1 Å². The van der Waals surface area contributed by atoms with Gasteiger partial charge in [-0.3, -0.25) is 0 Å². The summed E-state index contributed by atoms with van der Waals surface area (Å²) < 4.78 is 0. The molecule has 0 atom stereocenters. The van der Waals surface area contributed by atoms with Gasteiger partial charge in [0.15, 0.2) is 0 Å². The first-order valence-electron chi connectivity index (χ1n) is 7.27. The van der Waals surface area contributed by atoms with Crippen LogP contribution in [0.1, 0.15) is 33.1 Å². The molecule has 4 heteroatoms. The first-order chi connectivity index (χ1) is 8.58. The molecule has 0 aromatic carbocycles. The maximum absolute atomic E-state index is 12.0. The van der Waals surface area contributed by atoms with Gasteiger partial charge in [0.1, 0.15) is 0 Å². The molecule has 18 heavy (non-hydrogen) atoms. The number of urea groups is 1. The molecule has 0 radical (unpaired) electrons. The lowest BCUT2D eigenvalue weighted by Gasteiger charge is -2.34. The smallest absolute Gasteiger partial charge is 0.319 e. The van der Waals surface area contributed by atoms with E-state index in [1.807, 2.05) is 18.9 Å². The normalized spacial score (nSPS) is 17.3. The van der Waals surface area contributed by atoms with Gasteiger partial charge in [-0.05, 0) is 52.2 Å². The largest absolute Gasteiger partial charge is 0.328 e. The summed E-state index contributed by atoms with van der Waals surface area (Å²) in [5, 5.41) is 0. The zero-order valence-corrected chi connectivity index (χ0v) is 12.5. The number of likely N-dealkylation sites (tertiary alicyclic amines) is 1. The molecule has 1 aliphatic rings. The Labute approximate surface area is 112 Å². The molecule has 2 amide bonds. The second kappa shape index (κ2) is 7.62. The Balaban J connectivity index is 2.26. The van der Waals surface area contributed by atoms with Crippen LogP contribution in [0, 0.1) is 5.92 Å². The number of nitrogens with zero attached hydrogens (tertiary/aromatic N) is 3. The quantitative estimate of drug-likeness (QED) is 0.752. The van der Waals surface area contributed by atoms with Gasteiger partial charge in [-0.1, -0.05) is 6.92 Å². The lowest BCUT2D eigenvalue weighted by molar-refractivity contribution is 0.138. The predicted octanol–water partition coefficient (Wildman–Crippen LogP) is 2.11. The van der Waals surface area contributed by atoms with E-state index in [-0.39, 0.29) is 6.03 Å². The minimum Gasteiger partial charge on any atom is -0.328 e. The predicted molar refractivity (Wildman–Crippen MR) is 75.8 cm³/mol. The van der Waals surface area contributed by atoms with Crippen LogP contribution in [0.4, 0.5) is 4.79 Å². The minimum absolute atomic E-state index is 0.196. The highest BCUT2D eigenvalue weighted by molar-refractivity contribution is 5.74. The molecule has 1 heterocycles. The highest BCUT2D eigenvalue weighted by Crippen LogP contribution is 2.21. The highest BCUT2D eigenvalue weighted by Gasteiger charge is 2.24. The van der Waals surface area contributed by atoms with Crippen LogP contribution in [0.5, 0.6) is 0 Å². The van der Waals surface area contributed by atoms with E-state index >= 15 is 0 Å². The van der Waals surface area contributed by atoms with E-state index in [0.29, 0.717) is 0 Å². The Bertz CT molecular complexity index is 249. The van der Waals surface area contributed by atoms with Crippen LogP contribution in [-0.2, 0) is 0 Å². The molecule has 0 saturated carbocycles. The molecule has 4 nitrogen and oxygen atoms in total. The van der Waals surface area contributed by atoms with Crippen molar-refractivity contribution in [3.8, 4) is 0 Å². The third kappa shape index (κ3) is 4.48. The van der Waals surface area contributed by atoms with Crippen molar-refractivity contribution >= 4 is 6.03 Å². The number of piperidine rings is 1. The third-order valence-electron chi connectivity index (χ3n) is 4.14. The van der Waals surface area contributed by atoms with Crippen molar-refractivity contribution < 1.29 is 4.79 Å². The fraction of sp³-hybridized carbons (Fsp3) is 0.929. The minimum atomic E-state index is 0.196. The molecule has 0 bridgehead atoms. The molecular weight excluding hydrogens is 226 g/mol. The highest BCUT2D eigenvalue weighted by atomic mass is 16.2. The van der Waals surface area contributed by atoms with E-state index in [9.17, 15) is 4.79 Å². The average molecular weight is 255 g/mol. The zero-order chi connectivity index (χ0) is 13.5. The number of hydrogen-bond acceptors (Lipinski definition) is 2. The summed E-state index contributed by atoms with van der Waals surface area (Å²) in [4.78, 5) is 18.2. The Morgan fingerprint density at radius 1 is 1.17 bits per heavy atom. The van der Waals surface area contributed by atoms with E-state index in [2.05, 4.69) is 18.9 Å². The van der Waals surface area contributed by atoms with E-state index < -0.39 is 0 Å². The molecule has 106 valence electrons. The molecule has 0 aliphatic carbocycles. The van der Waals surface area contributed by atoms with Crippen molar-refractivity contribution in [3.63, 3.8) is 0 Å². The van der Waals surface area contributed by atoms with Gasteiger partial charge in [0, 0.05) is 26.7 Å². The number of amides is 2. The Morgan fingerprint density at radius 3 is 2.28 bits per heavy atom. The second-order valence-electron chi connectivity index (χ2n) is 5.41. The van der Waals surface area contributed by atoms with Gasteiger partial charge >= 0.3 is 6.03 Å². The van der Waals surface area contributed by atoms with Gasteiger partial charge in [-0.15, -0.1) is 0 Å². The van der Waals surface area contributed by atoms with Crippen LogP contribution in [-0.4, -0.2) is 67.5 Å². The molecule has 1 rings (SSSR count). The van der Waals surface area contributed by atoms with E-state index in [1.165, 1.54) is 25.8 Å². The van der Waals surface area contributed by atoms with Crippen LogP contribution in [0.25, 0.3) is 0 Å². The maximum atomic E-state index is 12.0. The number of carbonyl (C=O) groups excluding carboxylic acids is 1. The van der Waals surface area contributed by atoms with Gasteiger partial charge in [0.25, 0.3) is 0 Å². The molecule has 0 aromatic rings. The van der Waals surface area contributed by atoms with Gasteiger partial charge in [-0.25, -0.2) is 4.79 Å². The van der Waals surface area contributed by atoms with Gasteiger partial charge in [-0.2, -0.15) is 0 Å². The van der Waals surface area contributed by atoms with Crippen molar-refractivity contribution in [2.45, 2.75) is 33.1 Å².